The molecule has 3 saturated heterocycles. The van der Waals surface area contributed by atoms with Crippen LogP contribution in [0.1, 0.15) is 54.3 Å². The fourth-order valence-electron chi connectivity index (χ4n) is 4.10. The maximum atomic E-state index is 14.9. The number of rotatable bonds is 4. The van der Waals surface area contributed by atoms with Gasteiger partial charge in [-0.3, -0.25) is 28.7 Å². The molecule has 2 aromatic heterocycles. The van der Waals surface area contributed by atoms with Gasteiger partial charge in [0.25, 0.3) is 11.1 Å². The zero-order valence-corrected chi connectivity index (χ0v) is 22.3. The number of aromatic amines is 2. The van der Waals surface area contributed by atoms with E-state index < -0.39 is 83.6 Å². The van der Waals surface area contributed by atoms with Crippen molar-refractivity contribution in [1.82, 2.24) is 19.1 Å². The largest absolute Gasteiger partial charge is 0.394 e. The molecule has 5 N–H and O–H groups in total. The molecule has 0 aliphatic carbocycles. The molecule has 41 heavy (non-hydrogen) atoms. The van der Waals surface area contributed by atoms with Crippen LogP contribution in [-0.2, 0) is 14.2 Å². The van der Waals surface area contributed by atoms with E-state index in [2.05, 4.69) is 0 Å². The van der Waals surface area contributed by atoms with E-state index >= 15 is 0 Å². The number of ether oxygens (including phenoxy) is 3. The minimum absolute atomic E-state index is 0.562. The first-order chi connectivity index (χ1) is 21.3. The Hall–Kier alpha value is -3.02. The standard InChI is InChI=1S/C11H15FN2O4.C10H13FN2O5.C4H8O/c1-6-7(5-15)18-9(11(6,2)12)14-4-3-8(16)13-10(14)17;1-10(11)7(16)5(4-14)18-8(10)13-3-2-6(15)12-9(13)17;1-2-4-5-3-1/h3-4,6-7,9,15H,5H2,1-2H3,(H,13,16,17);2-3,5,7-8,14,16H,4H2,1H3,(H,12,15,17);1-4H2/t6-,7-,9-,11-;5-,7-,8-,10-;/m11./s1/i5D2,7D;4D2,5D;. The van der Waals surface area contributed by atoms with Crippen molar-refractivity contribution in [3.8, 4) is 0 Å². The van der Waals surface area contributed by atoms with Crippen molar-refractivity contribution >= 4 is 0 Å². The van der Waals surface area contributed by atoms with E-state index in [1.165, 1.54) is 19.8 Å². The van der Waals surface area contributed by atoms with E-state index in [9.17, 15) is 43.3 Å². The molecular formula is C25H36F2N4O10. The summed E-state index contributed by atoms with van der Waals surface area (Å²) in [4.78, 5) is 49.1. The summed E-state index contributed by atoms with van der Waals surface area (Å²) >= 11 is 0. The van der Waals surface area contributed by atoms with Crippen molar-refractivity contribution in [3.63, 3.8) is 0 Å². The number of hydrogen-bond donors (Lipinski definition) is 5. The minimum Gasteiger partial charge on any atom is -0.394 e. The number of alkyl halides is 2. The second-order valence-corrected chi connectivity index (χ2v) is 9.67. The molecule has 0 saturated carbocycles. The predicted octanol–water partition coefficient (Wildman–Crippen LogP) is -0.897. The van der Waals surface area contributed by atoms with E-state index in [0.717, 1.165) is 56.2 Å². The van der Waals surface area contributed by atoms with Gasteiger partial charge >= 0.3 is 11.4 Å². The molecule has 5 rings (SSSR count). The predicted molar refractivity (Wildman–Crippen MR) is 139 cm³/mol. The van der Waals surface area contributed by atoms with Gasteiger partial charge in [0.15, 0.2) is 23.8 Å². The third kappa shape index (κ3) is 7.07. The Morgan fingerprint density at radius 3 is 1.71 bits per heavy atom. The van der Waals surface area contributed by atoms with Crippen LogP contribution in [-0.4, -0.2) is 90.4 Å². The summed E-state index contributed by atoms with van der Waals surface area (Å²) in [6, 6.07) is 1.87. The van der Waals surface area contributed by atoms with Gasteiger partial charge in [0.2, 0.25) is 0 Å². The summed E-state index contributed by atoms with van der Waals surface area (Å²) in [5, 5.41) is 28.6. The van der Waals surface area contributed by atoms with Crippen LogP contribution in [0.15, 0.2) is 43.7 Å². The van der Waals surface area contributed by atoms with E-state index in [4.69, 9.17) is 22.4 Å². The third-order valence-corrected chi connectivity index (χ3v) is 6.72. The van der Waals surface area contributed by atoms with Gasteiger partial charge in [-0.2, -0.15) is 0 Å². The monoisotopic (exact) mass is 596 g/mol. The van der Waals surface area contributed by atoms with E-state index in [-0.39, 0.29) is 0 Å². The zero-order chi connectivity index (χ0) is 36.0. The number of hydrogen-bond acceptors (Lipinski definition) is 10. The molecule has 2 aromatic rings. The van der Waals surface area contributed by atoms with E-state index in [1.807, 2.05) is 9.97 Å². The average molecular weight is 597 g/mol. The van der Waals surface area contributed by atoms with Gasteiger partial charge in [-0.25, -0.2) is 18.4 Å². The van der Waals surface area contributed by atoms with Gasteiger partial charge < -0.3 is 29.5 Å². The summed E-state index contributed by atoms with van der Waals surface area (Å²) in [7, 11) is 0. The number of H-pyrrole nitrogens is 2. The summed E-state index contributed by atoms with van der Waals surface area (Å²) in [5.41, 5.74) is -8.53. The Morgan fingerprint density at radius 1 is 0.927 bits per heavy atom. The second kappa shape index (κ2) is 13.3. The van der Waals surface area contributed by atoms with Crippen LogP contribution < -0.4 is 22.5 Å². The molecule has 0 unspecified atom stereocenters. The van der Waals surface area contributed by atoms with Crippen molar-refractivity contribution in [2.24, 2.45) is 5.92 Å². The quantitative estimate of drug-likeness (QED) is 0.295. The van der Waals surface area contributed by atoms with Crippen LogP contribution >= 0.6 is 0 Å². The summed E-state index contributed by atoms with van der Waals surface area (Å²) in [6.45, 7) is -1.48. The van der Waals surface area contributed by atoms with Gasteiger partial charge in [-0.1, -0.05) is 6.92 Å². The number of aliphatic hydroxyl groups is 3. The molecule has 3 aliphatic heterocycles. The summed E-state index contributed by atoms with van der Waals surface area (Å²) in [5.74, 6) is -1.38. The highest BCUT2D eigenvalue weighted by Crippen LogP contribution is 2.44. The van der Waals surface area contributed by atoms with Gasteiger partial charge in [-0.15, -0.1) is 0 Å². The normalized spacial score (nSPS) is 40.9. The first-order valence-corrected chi connectivity index (χ1v) is 12.4. The lowest BCUT2D eigenvalue weighted by molar-refractivity contribution is -0.0611. The highest BCUT2D eigenvalue weighted by molar-refractivity contribution is 5.01. The number of nitrogens with one attached hydrogen (secondary N) is 2. The third-order valence-electron chi connectivity index (χ3n) is 6.72. The molecule has 0 radical (unpaired) electrons. The van der Waals surface area contributed by atoms with Crippen molar-refractivity contribution in [2.75, 3.05) is 26.3 Å². The fourth-order valence-corrected chi connectivity index (χ4v) is 4.10. The first kappa shape index (κ1) is 24.6. The van der Waals surface area contributed by atoms with Crippen LogP contribution in [0.25, 0.3) is 0 Å². The Morgan fingerprint density at radius 2 is 1.37 bits per heavy atom. The summed E-state index contributed by atoms with van der Waals surface area (Å²) in [6.07, 6.45) is -7.15. The van der Waals surface area contributed by atoms with E-state index in [1.54, 1.807) is 0 Å². The van der Waals surface area contributed by atoms with Gasteiger partial charge in [-0.05, 0) is 26.7 Å². The van der Waals surface area contributed by atoms with Crippen molar-refractivity contribution in [1.29, 1.82) is 0 Å². The molecule has 0 bridgehead atoms. The molecule has 16 heteroatoms. The number of halogens is 2. The minimum atomic E-state index is -3.39. The molecule has 8 atom stereocenters. The molecule has 3 fully saturated rings. The molecule has 230 valence electrons. The molecule has 0 amide bonds. The maximum absolute atomic E-state index is 14.9. The molecule has 0 spiro atoms. The van der Waals surface area contributed by atoms with E-state index in [0.29, 0.717) is 4.57 Å². The van der Waals surface area contributed by atoms with Gasteiger partial charge in [0.1, 0.15) is 12.2 Å². The van der Waals surface area contributed by atoms with Crippen LogP contribution in [0.3, 0.4) is 0 Å². The highest BCUT2D eigenvalue weighted by Gasteiger charge is 2.55. The van der Waals surface area contributed by atoms with Gasteiger partial charge in [0.05, 0.1) is 27.4 Å². The molecule has 0 aromatic carbocycles. The van der Waals surface area contributed by atoms with Crippen molar-refractivity contribution < 1.29 is 46.5 Å². The Balaban J connectivity index is 0.000000222. The number of nitrogens with zero attached hydrogens (tertiary/aromatic N) is 2. The van der Waals surface area contributed by atoms with Crippen molar-refractivity contribution in [3.05, 3.63) is 66.2 Å². The lowest BCUT2D eigenvalue weighted by atomic mass is 9.90. The number of aliphatic hydroxyl groups excluding tert-OH is 1. The first-order valence-electron chi connectivity index (χ1n) is 15.4. The number of aromatic nitrogens is 4. The van der Waals surface area contributed by atoms with Crippen LogP contribution in [0.5, 0.6) is 0 Å². The van der Waals surface area contributed by atoms with Crippen LogP contribution in [0.4, 0.5) is 8.78 Å². The van der Waals surface area contributed by atoms with Crippen molar-refractivity contribution in [2.45, 2.75) is 75.7 Å². The summed E-state index contributed by atoms with van der Waals surface area (Å²) < 4.78 is 89.9. The second-order valence-electron chi connectivity index (χ2n) is 9.67. The van der Waals surface area contributed by atoms with Gasteiger partial charge in [0, 0.05) is 43.7 Å². The smallest absolute Gasteiger partial charge is 0.330 e. The van der Waals surface area contributed by atoms with Crippen LogP contribution in [0.2, 0.25) is 0 Å². The molecule has 3 aliphatic rings. The highest BCUT2D eigenvalue weighted by atomic mass is 19.1. The maximum Gasteiger partial charge on any atom is 0.330 e. The lowest BCUT2D eigenvalue weighted by Crippen LogP contribution is -2.43. The fraction of sp³-hybridized carbons (Fsp3) is 0.680. The topological polar surface area (TPSA) is 198 Å². The molecular weight excluding hydrogens is 554 g/mol. The zero-order valence-electron chi connectivity index (χ0n) is 28.3. The molecule has 14 nitrogen and oxygen atoms in total. The average Bonchev–Trinajstić information content (AvgIpc) is 3.62. The SMILES string of the molecule is C1CCOC1.[2H]C([2H])(O)[C@@]1([2H])O[C@@H](n2ccc(=O)[nH]c2=O)[C@](C)(F)[C@@H]1C.[2H]C([2H])(O)[C@@]1([2H])O[C@@H](n2ccc(=O)[nH]c2=O)[C@](C)(F)[C@@H]1O. The lowest BCUT2D eigenvalue weighted by Gasteiger charge is -2.25. The Bertz CT molecular complexity index is 1530. The van der Waals surface area contributed by atoms with Crippen LogP contribution in [0, 0.1) is 5.92 Å². The Kier molecular flexibility index (Phi) is 7.97. The molecule has 5 heterocycles. The Labute approximate surface area is 240 Å².